The fraction of sp³-hybridized carbons (Fsp3) is 0.500. The molecule has 49 heavy (non-hydrogen) atoms. The second-order valence-electron chi connectivity index (χ2n) is 14.1. The van der Waals surface area contributed by atoms with E-state index in [0.717, 1.165) is 0 Å². The predicted molar refractivity (Wildman–Crippen MR) is 177 cm³/mol. The van der Waals surface area contributed by atoms with Crippen molar-refractivity contribution in [2.45, 2.75) is 71.9 Å². The van der Waals surface area contributed by atoms with Crippen molar-refractivity contribution in [3.8, 4) is 17.0 Å². The Bertz CT molecular complexity index is 1810. The molecular weight excluding hydrogens is 641 g/mol. The van der Waals surface area contributed by atoms with E-state index in [1.54, 1.807) is 54.5 Å². The van der Waals surface area contributed by atoms with Gasteiger partial charge in [-0.25, -0.2) is 28.7 Å². The highest BCUT2D eigenvalue weighted by atomic mass is 19.1. The Morgan fingerprint density at radius 2 is 1.69 bits per heavy atom. The summed E-state index contributed by atoms with van der Waals surface area (Å²) < 4.78 is 50.1. The van der Waals surface area contributed by atoms with Gasteiger partial charge in [0.05, 0.1) is 44.1 Å². The molecule has 6 rings (SSSR count). The number of carbonyl (C=O) groups is 3. The highest BCUT2D eigenvalue weighted by molar-refractivity contribution is 6.05. The maximum Gasteiger partial charge on any atom is 0.415 e. The summed E-state index contributed by atoms with van der Waals surface area (Å²) in [5, 5.41) is 5.83. The number of carbonyl (C=O) groups excluding carboxylic acids is 3. The van der Waals surface area contributed by atoms with Crippen LogP contribution in [0.25, 0.3) is 21.9 Å². The fourth-order valence-electron chi connectivity index (χ4n) is 5.98. The molecule has 0 saturated carbocycles. The summed E-state index contributed by atoms with van der Waals surface area (Å²) in [6.45, 7) is 13.6. The topological polar surface area (TPSA) is 160 Å². The van der Waals surface area contributed by atoms with Gasteiger partial charge in [-0.2, -0.15) is 0 Å². The number of nitrogens with one attached hydrogen (secondary N) is 2. The van der Waals surface area contributed by atoms with Crippen molar-refractivity contribution in [3.63, 3.8) is 0 Å². The first kappa shape index (κ1) is 34.1. The number of benzene rings is 1. The molecule has 262 valence electrons. The van der Waals surface area contributed by atoms with Gasteiger partial charge in [0.2, 0.25) is 5.88 Å². The summed E-state index contributed by atoms with van der Waals surface area (Å²) in [6, 6.07) is 3.08. The molecule has 15 heteroatoms. The zero-order chi connectivity index (χ0) is 35.2. The van der Waals surface area contributed by atoms with Crippen LogP contribution in [0, 0.1) is 18.7 Å². The Labute approximate surface area is 282 Å². The first-order valence-corrected chi connectivity index (χ1v) is 16.0. The molecule has 0 spiro atoms. The number of aromatic nitrogens is 2. The van der Waals surface area contributed by atoms with Crippen LogP contribution in [0.2, 0.25) is 0 Å². The third kappa shape index (κ3) is 7.32. The fourth-order valence-corrected chi connectivity index (χ4v) is 5.98. The summed E-state index contributed by atoms with van der Waals surface area (Å²) in [5.74, 6) is -0.516. The van der Waals surface area contributed by atoms with Gasteiger partial charge in [-0.3, -0.25) is 15.5 Å². The van der Waals surface area contributed by atoms with Crippen molar-refractivity contribution >= 4 is 46.2 Å². The van der Waals surface area contributed by atoms with E-state index in [2.05, 4.69) is 20.6 Å². The molecule has 3 aliphatic rings. The lowest BCUT2D eigenvalue weighted by atomic mass is 9.96. The van der Waals surface area contributed by atoms with Crippen molar-refractivity contribution in [1.82, 2.24) is 9.97 Å². The lowest BCUT2D eigenvalue weighted by molar-refractivity contribution is 0.0356. The van der Waals surface area contributed by atoms with Crippen LogP contribution in [0.1, 0.15) is 47.1 Å². The molecule has 2 saturated heterocycles. The minimum absolute atomic E-state index is 0.0487. The molecule has 0 radical (unpaired) electrons. The van der Waals surface area contributed by atoms with Crippen molar-refractivity contribution in [1.29, 1.82) is 0 Å². The van der Waals surface area contributed by atoms with Crippen LogP contribution in [-0.2, 0) is 23.7 Å². The minimum Gasteiger partial charge on any atom is -0.474 e. The first-order chi connectivity index (χ1) is 23.1. The maximum atomic E-state index is 16.6. The maximum absolute atomic E-state index is 16.6. The van der Waals surface area contributed by atoms with Crippen molar-refractivity contribution < 1.29 is 47.2 Å². The van der Waals surface area contributed by atoms with E-state index in [9.17, 15) is 14.4 Å². The number of rotatable bonds is 4. The number of halogens is 1. The molecule has 2 aromatic heterocycles. The molecule has 1 aromatic carbocycles. The standard InChI is InChI=1S/C34H40FN5O9/c1-17-20(12-37-29-28(17)40(8-9-45-29)32(43)49-34(5,6)7)19-10-18-11-25(38-30(41)47-24-16-46-23-15-44-14-22(23)24)36-13-21(18)27(26(19)35)39-31(42)48-33(2,3)4/h10-13,22-24H,8-9,14-16H2,1-7H3,(H,39,42)(H,36,38,41)/t22-,23+,24-/m1/s1. The van der Waals surface area contributed by atoms with Gasteiger partial charge in [-0.1, -0.05) is 0 Å². The lowest BCUT2D eigenvalue weighted by Crippen LogP contribution is -2.42. The molecule has 3 aromatic rings. The molecule has 2 N–H and O–H groups in total. The van der Waals surface area contributed by atoms with Gasteiger partial charge in [0.15, 0.2) is 5.82 Å². The van der Waals surface area contributed by atoms with Crippen LogP contribution in [0.4, 0.5) is 36.0 Å². The van der Waals surface area contributed by atoms with Gasteiger partial charge in [-0.15, -0.1) is 0 Å². The summed E-state index contributed by atoms with van der Waals surface area (Å²) in [4.78, 5) is 49.1. The molecule has 3 amide bonds. The molecule has 3 atom stereocenters. The zero-order valence-electron chi connectivity index (χ0n) is 28.5. The molecule has 0 unspecified atom stereocenters. The van der Waals surface area contributed by atoms with E-state index in [0.29, 0.717) is 35.4 Å². The molecule has 14 nitrogen and oxygen atoms in total. The summed E-state index contributed by atoms with van der Waals surface area (Å²) >= 11 is 0. The van der Waals surface area contributed by atoms with Crippen molar-refractivity contribution in [2.24, 2.45) is 5.92 Å². The smallest absolute Gasteiger partial charge is 0.415 e. The van der Waals surface area contributed by atoms with Gasteiger partial charge >= 0.3 is 18.3 Å². The van der Waals surface area contributed by atoms with Gasteiger partial charge < -0.3 is 28.4 Å². The van der Waals surface area contributed by atoms with Crippen LogP contribution in [-0.4, -0.2) is 84.6 Å². The molecule has 5 heterocycles. The number of fused-ring (bicyclic) bond motifs is 3. The number of hydrogen-bond acceptors (Lipinski definition) is 11. The normalized spacial score (nSPS) is 20.2. The number of anilines is 3. The van der Waals surface area contributed by atoms with E-state index in [1.807, 2.05) is 0 Å². The van der Waals surface area contributed by atoms with Crippen LogP contribution >= 0.6 is 0 Å². The van der Waals surface area contributed by atoms with Crippen LogP contribution in [0.15, 0.2) is 24.5 Å². The molecule has 0 aliphatic carbocycles. The number of amides is 3. The first-order valence-electron chi connectivity index (χ1n) is 16.0. The molecule has 3 aliphatic heterocycles. The number of pyridine rings is 2. The Balaban J connectivity index is 1.39. The molecule has 0 bridgehead atoms. The highest BCUT2D eigenvalue weighted by Crippen LogP contribution is 2.43. The Morgan fingerprint density at radius 1 is 0.939 bits per heavy atom. The molecule has 2 fully saturated rings. The van der Waals surface area contributed by atoms with Crippen LogP contribution in [0.3, 0.4) is 0 Å². The van der Waals surface area contributed by atoms with E-state index in [1.165, 1.54) is 23.4 Å². The van der Waals surface area contributed by atoms with Crippen molar-refractivity contribution in [2.75, 3.05) is 48.5 Å². The van der Waals surface area contributed by atoms with Gasteiger partial charge in [0.25, 0.3) is 0 Å². The monoisotopic (exact) mass is 681 g/mol. The van der Waals surface area contributed by atoms with Gasteiger partial charge in [0.1, 0.15) is 35.4 Å². The largest absolute Gasteiger partial charge is 0.474 e. The van der Waals surface area contributed by atoms with E-state index in [4.69, 9.17) is 28.4 Å². The predicted octanol–water partition coefficient (Wildman–Crippen LogP) is 6.19. The van der Waals surface area contributed by atoms with E-state index < -0.39 is 41.4 Å². The second kappa shape index (κ2) is 12.9. The number of ether oxygens (including phenoxy) is 6. The molecular formula is C34H40FN5O9. The SMILES string of the molecule is Cc1c(-c2cc3cc(NC(=O)O[C@@H]4CO[C@H]5COC[C@H]54)ncc3c(NC(=O)OC(C)(C)C)c2F)cnc2c1N(C(=O)OC(C)(C)C)CCO2. The van der Waals surface area contributed by atoms with Crippen LogP contribution < -0.4 is 20.3 Å². The zero-order valence-corrected chi connectivity index (χ0v) is 28.5. The summed E-state index contributed by atoms with van der Waals surface area (Å²) in [6.07, 6.45) is -0.0190. The number of hydrogen-bond donors (Lipinski definition) is 2. The third-order valence-electron chi connectivity index (χ3n) is 8.10. The Hall–Kier alpha value is -4.76. The second-order valence-corrected chi connectivity index (χ2v) is 14.1. The third-order valence-corrected chi connectivity index (χ3v) is 8.10. The lowest BCUT2D eigenvalue weighted by Gasteiger charge is -2.32. The van der Waals surface area contributed by atoms with Gasteiger partial charge in [-0.05, 0) is 71.5 Å². The van der Waals surface area contributed by atoms with Gasteiger partial charge in [0, 0.05) is 28.9 Å². The quantitative estimate of drug-likeness (QED) is 0.303. The average molecular weight is 682 g/mol. The Morgan fingerprint density at radius 3 is 2.43 bits per heavy atom. The average Bonchev–Trinajstić information content (AvgIpc) is 3.62. The number of nitrogens with zero attached hydrogens (tertiary/aromatic N) is 3. The highest BCUT2D eigenvalue weighted by Gasteiger charge is 2.43. The van der Waals surface area contributed by atoms with E-state index >= 15 is 4.39 Å². The Kier molecular flexibility index (Phi) is 9.00. The summed E-state index contributed by atoms with van der Waals surface area (Å²) in [7, 11) is 0. The van der Waals surface area contributed by atoms with Crippen LogP contribution in [0.5, 0.6) is 5.88 Å². The summed E-state index contributed by atoms with van der Waals surface area (Å²) in [5.41, 5.74) is -0.614. The van der Waals surface area contributed by atoms with E-state index in [-0.39, 0.29) is 60.1 Å². The minimum atomic E-state index is -0.881. The van der Waals surface area contributed by atoms with Crippen molar-refractivity contribution in [3.05, 3.63) is 35.9 Å².